The molecule has 0 aromatic heterocycles. The van der Waals surface area contributed by atoms with E-state index in [1.54, 1.807) is 18.2 Å². The Morgan fingerprint density at radius 1 is 1.35 bits per heavy atom. The van der Waals surface area contributed by atoms with Crippen molar-refractivity contribution in [3.63, 3.8) is 0 Å². The van der Waals surface area contributed by atoms with E-state index in [-0.39, 0.29) is 12.4 Å². The van der Waals surface area contributed by atoms with Crippen molar-refractivity contribution in [2.45, 2.75) is 19.4 Å². The lowest BCUT2D eigenvalue weighted by Crippen LogP contribution is -2.13. The maximum absolute atomic E-state index is 11.0. The molecule has 0 aliphatic rings. The van der Waals surface area contributed by atoms with Gasteiger partial charge < -0.3 is 9.84 Å². The summed E-state index contributed by atoms with van der Waals surface area (Å²) in [6.45, 7) is 1.98. The molecule has 1 aromatic carbocycles. The molecule has 4 nitrogen and oxygen atoms in total. The van der Waals surface area contributed by atoms with Gasteiger partial charge in [-0.15, -0.1) is 0 Å². The number of hydrogen-bond donors (Lipinski definition) is 1. The number of hydrogen-bond acceptors (Lipinski definition) is 4. The second-order valence-electron chi connectivity index (χ2n) is 3.94. The summed E-state index contributed by atoms with van der Waals surface area (Å²) in [5.74, 6) is 0.523. The third-order valence-electron chi connectivity index (χ3n) is 2.38. The molecule has 0 amide bonds. The molecule has 1 atom stereocenters. The smallest absolute Gasteiger partial charge is 0.150 e. The van der Waals surface area contributed by atoms with E-state index in [9.17, 15) is 13.5 Å². The number of sulfone groups is 1. The van der Waals surface area contributed by atoms with E-state index >= 15 is 0 Å². The largest absolute Gasteiger partial charge is 0.492 e. The molecular weight excluding hydrogens is 240 g/mol. The van der Waals surface area contributed by atoms with Crippen molar-refractivity contribution in [3.8, 4) is 5.75 Å². The molecule has 0 saturated carbocycles. The molecule has 0 spiro atoms. The van der Waals surface area contributed by atoms with E-state index in [0.717, 1.165) is 0 Å². The molecule has 1 aromatic rings. The summed E-state index contributed by atoms with van der Waals surface area (Å²) in [5, 5.41) is 9.77. The van der Waals surface area contributed by atoms with Crippen molar-refractivity contribution in [1.82, 2.24) is 0 Å². The molecule has 17 heavy (non-hydrogen) atoms. The first-order valence-electron chi connectivity index (χ1n) is 5.51. The van der Waals surface area contributed by atoms with E-state index in [2.05, 4.69) is 0 Å². The van der Waals surface area contributed by atoms with Gasteiger partial charge in [0, 0.05) is 11.8 Å². The minimum atomic E-state index is -3.02. The van der Waals surface area contributed by atoms with Crippen LogP contribution in [0.1, 0.15) is 25.0 Å². The Hall–Kier alpha value is -1.07. The van der Waals surface area contributed by atoms with Gasteiger partial charge in [-0.1, -0.05) is 25.1 Å². The Balaban J connectivity index is 2.70. The number of ether oxygens (including phenoxy) is 1. The summed E-state index contributed by atoms with van der Waals surface area (Å²) >= 11 is 0. The summed E-state index contributed by atoms with van der Waals surface area (Å²) in [6, 6.07) is 7.12. The molecule has 0 aliphatic carbocycles. The topological polar surface area (TPSA) is 63.6 Å². The van der Waals surface area contributed by atoms with Crippen LogP contribution in [0, 0.1) is 0 Å². The number of para-hydroxylation sites is 1. The fourth-order valence-corrected chi connectivity index (χ4v) is 1.80. The van der Waals surface area contributed by atoms with Gasteiger partial charge in [0.2, 0.25) is 0 Å². The minimum Gasteiger partial charge on any atom is -0.492 e. The zero-order chi connectivity index (χ0) is 12.9. The highest BCUT2D eigenvalue weighted by molar-refractivity contribution is 7.90. The third kappa shape index (κ3) is 4.75. The minimum absolute atomic E-state index is 0.0243. The van der Waals surface area contributed by atoms with Crippen molar-refractivity contribution in [3.05, 3.63) is 29.8 Å². The van der Waals surface area contributed by atoms with Crippen LogP contribution in [0.4, 0.5) is 0 Å². The summed E-state index contributed by atoms with van der Waals surface area (Å²) in [4.78, 5) is 0. The van der Waals surface area contributed by atoms with Crippen LogP contribution in [-0.2, 0) is 9.84 Å². The molecule has 0 fully saturated rings. The molecule has 96 valence electrons. The molecule has 0 aliphatic heterocycles. The number of rotatable bonds is 6. The van der Waals surface area contributed by atoms with Crippen LogP contribution in [0.2, 0.25) is 0 Å². The number of aliphatic hydroxyl groups is 1. The summed E-state index contributed by atoms with van der Waals surface area (Å²) in [6.07, 6.45) is 1.18. The average molecular weight is 258 g/mol. The van der Waals surface area contributed by atoms with Gasteiger partial charge >= 0.3 is 0 Å². The molecule has 0 heterocycles. The highest BCUT2D eigenvalue weighted by atomic mass is 32.2. The van der Waals surface area contributed by atoms with E-state index in [0.29, 0.717) is 17.7 Å². The maximum Gasteiger partial charge on any atom is 0.150 e. The van der Waals surface area contributed by atoms with E-state index < -0.39 is 15.9 Å². The van der Waals surface area contributed by atoms with E-state index in [1.165, 1.54) is 6.26 Å². The van der Waals surface area contributed by atoms with Gasteiger partial charge in [-0.2, -0.15) is 0 Å². The predicted octanol–water partition coefficient (Wildman–Crippen LogP) is 1.55. The van der Waals surface area contributed by atoms with Crippen LogP contribution in [0.3, 0.4) is 0 Å². The SMILES string of the molecule is CCC(O)c1ccccc1OCCS(C)(=O)=O. The normalized spacial score (nSPS) is 13.4. The van der Waals surface area contributed by atoms with Gasteiger partial charge in [0.15, 0.2) is 9.84 Å². The molecule has 1 N–H and O–H groups in total. The maximum atomic E-state index is 11.0. The highest BCUT2D eigenvalue weighted by Gasteiger charge is 2.11. The van der Waals surface area contributed by atoms with Gasteiger partial charge in [0.1, 0.15) is 12.4 Å². The summed E-state index contributed by atoms with van der Waals surface area (Å²) in [7, 11) is -3.02. The standard InChI is InChI=1S/C12H18O4S/c1-3-11(13)10-6-4-5-7-12(10)16-8-9-17(2,14)15/h4-7,11,13H,3,8-9H2,1-2H3. The zero-order valence-electron chi connectivity index (χ0n) is 10.1. The van der Waals surface area contributed by atoms with Crippen molar-refractivity contribution < 1.29 is 18.3 Å². The lowest BCUT2D eigenvalue weighted by atomic mass is 10.1. The first-order chi connectivity index (χ1) is 7.94. The fraction of sp³-hybridized carbons (Fsp3) is 0.500. The predicted molar refractivity (Wildman–Crippen MR) is 66.9 cm³/mol. The van der Waals surface area contributed by atoms with E-state index in [1.807, 2.05) is 13.0 Å². The summed E-state index contributed by atoms with van der Waals surface area (Å²) in [5.41, 5.74) is 0.698. The third-order valence-corrected chi connectivity index (χ3v) is 3.28. The van der Waals surface area contributed by atoms with E-state index in [4.69, 9.17) is 4.74 Å². The van der Waals surface area contributed by atoms with Crippen molar-refractivity contribution >= 4 is 9.84 Å². The van der Waals surface area contributed by atoms with Crippen LogP contribution >= 0.6 is 0 Å². The highest BCUT2D eigenvalue weighted by Crippen LogP contribution is 2.26. The monoisotopic (exact) mass is 258 g/mol. The van der Waals surface area contributed by atoms with Gasteiger partial charge in [-0.05, 0) is 12.5 Å². The Morgan fingerprint density at radius 3 is 2.59 bits per heavy atom. The molecule has 1 unspecified atom stereocenters. The van der Waals surface area contributed by atoms with Crippen LogP contribution in [-0.4, -0.2) is 32.1 Å². The van der Waals surface area contributed by atoms with Crippen molar-refractivity contribution in [2.24, 2.45) is 0 Å². The van der Waals surface area contributed by atoms with Crippen molar-refractivity contribution in [2.75, 3.05) is 18.6 Å². The first-order valence-corrected chi connectivity index (χ1v) is 7.57. The van der Waals surface area contributed by atoms with Crippen LogP contribution < -0.4 is 4.74 Å². The van der Waals surface area contributed by atoms with Crippen LogP contribution in [0.25, 0.3) is 0 Å². The Morgan fingerprint density at radius 2 is 2.00 bits per heavy atom. The van der Waals surface area contributed by atoms with Crippen LogP contribution in [0.15, 0.2) is 24.3 Å². The quantitative estimate of drug-likeness (QED) is 0.841. The molecule has 0 bridgehead atoms. The second-order valence-corrected chi connectivity index (χ2v) is 6.20. The molecule has 0 radical (unpaired) electrons. The summed E-state index contributed by atoms with van der Waals surface area (Å²) < 4.78 is 27.3. The first kappa shape index (κ1) is 14.0. The number of benzene rings is 1. The second kappa shape index (κ2) is 6.02. The molecule has 5 heteroatoms. The van der Waals surface area contributed by atoms with Gasteiger partial charge in [-0.3, -0.25) is 0 Å². The Bertz CT molecular complexity index is 453. The van der Waals surface area contributed by atoms with Crippen molar-refractivity contribution in [1.29, 1.82) is 0 Å². The van der Waals surface area contributed by atoms with Gasteiger partial charge in [0.25, 0.3) is 0 Å². The average Bonchev–Trinajstić information content (AvgIpc) is 2.27. The lowest BCUT2D eigenvalue weighted by Gasteiger charge is -2.14. The Labute approximate surface area is 102 Å². The molecule has 1 rings (SSSR count). The molecule has 0 saturated heterocycles. The molecular formula is C12H18O4S. The van der Waals surface area contributed by atoms with Crippen LogP contribution in [0.5, 0.6) is 5.75 Å². The zero-order valence-corrected chi connectivity index (χ0v) is 10.9. The fourth-order valence-electron chi connectivity index (χ4n) is 1.41. The number of aliphatic hydroxyl groups excluding tert-OH is 1. The lowest BCUT2D eigenvalue weighted by molar-refractivity contribution is 0.168. The Kier molecular flexibility index (Phi) is 4.96. The van der Waals surface area contributed by atoms with Gasteiger partial charge in [-0.25, -0.2) is 8.42 Å². The van der Waals surface area contributed by atoms with Gasteiger partial charge in [0.05, 0.1) is 11.9 Å².